The Morgan fingerprint density at radius 1 is 1.15 bits per heavy atom. The summed E-state index contributed by atoms with van der Waals surface area (Å²) in [5.41, 5.74) is 2.30. The summed E-state index contributed by atoms with van der Waals surface area (Å²) in [6.45, 7) is 2.01. The number of anilines is 2. The minimum absolute atomic E-state index is 0.0720. The molecule has 0 aliphatic rings. The van der Waals surface area contributed by atoms with Crippen molar-refractivity contribution in [2.75, 3.05) is 10.0 Å². The van der Waals surface area contributed by atoms with Crippen LogP contribution in [0.2, 0.25) is 0 Å². The van der Waals surface area contributed by atoms with Crippen LogP contribution in [0.3, 0.4) is 0 Å². The molecule has 2 aromatic rings. The Kier molecular flexibility index (Phi) is 4.21. The molecule has 1 aromatic carbocycles. The third-order valence-electron chi connectivity index (χ3n) is 2.71. The molecule has 0 aliphatic carbocycles. The van der Waals surface area contributed by atoms with Crippen molar-refractivity contribution in [1.29, 1.82) is 0 Å². The molecule has 2 rings (SSSR count). The second-order valence-corrected chi connectivity index (χ2v) is 5.67. The predicted molar refractivity (Wildman–Crippen MR) is 79.4 cm³/mol. The molecule has 0 bridgehead atoms. The molecule has 20 heavy (non-hydrogen) atoms. The molecule has 1 aromatic heterocycles. The maximum Gasteiger partial charge on any atom is 0.296 e. The van der Waals surface area contributed by atoms with Gasteiger partial charge in [-0.1, -0.05) is 6.07 Å². The lowest BCUT2D eigenvalue weighted by molar-refractivity contribution is 0.603. The van der Waals surface area contributed by atoms with Gasteiger partial charge in [-0.3, -0.25) is 9.71 Å². The average molecular weight is 292 g/mol. The zero-order chi connectivity index (χ0) is 14.6. The van der Waals surface area contributed by atoms with Crippen LogP contribution in [0.1, 0.15) is 18.5 Å². The van der Waals surface area contributed by atoms with Gasteiger partial charge in [-0.05, 0) is 42.8 Å². The molecule has 0 radical (unpaired) electrons. The van der Waals surface area contributed by atoms with Crippen LogP contribution in [-0.2, 0) is 10.2 Å². The van der Waals surface area contributed by atoms with Crippen molar-refractivity contribution in [2.24, 2.45) is 5.14 Å². The van der Waals surface area contributed by atoms with Gasteiger partial charge in [0.2, 0.25) is 0 Å². The van der Waals surface area contributed by atoms with Gasteiger partial charge in [0.15, 0.2) is 0 Å². The molecule has 1 heterocycles. The van der Waals surface area contributed by atoms with Crippen LogP contribution in [0.15, 0.2) is 48.8 Å². The molecule has 0 spiro atoms. The van der Waals surface area contributed by atoms with Crippen LogP contribution in [0.25, 0.3) is 0 Å². The lowest BCUT2D eigenvalue weighted by Gasteiger charge is -2.16. The third-order valence-corrected chi connectivity index (χ3v) is 3.23. The molecule has 1 atom stereocenters. The summed E-state index contributed by atoms with van der Waals surface area (Å²) in [5.74, 6) is 0. The molecule has 1 unspecified atom stereocenters. The second kappa shape index (κ2) is 5.89. The highest BCUT2D eigenvalue weighted by molar-refractivity contribution is 7.90. The largest absolute Gasteiger partial charge is 0.378 e. The van der Waals surface area contributed by atoms with Crippen LogP contribution in [-0.4, -0.2) is 13.4 Å². The first-order valence-electron chi connectivity index (χ1n) is 6.01. The summed E-state index contributed by atoms with van der Waals surface area (Å²) in [6.07, 6.45) is 3.46. The second-order valence-electron chi connectivity index (χ2n) is 4.37. The van der Waals surface area contributed by atoms with Gasteiger partial charge < -0.3 is 5.32 Å². The summed E-state index contributed by atoms with van der Waals surface area (Å²) >= 11 is 0. The summed E-state index contributed by atoms with van der Waals surface area (Å²) < 4.78 is 24.2. The Morgan fingerprint density at radius 3 is 2.45 bits per heavy atom. The highest BCUT2D eigenvalue weighted by Crippen LogP contribution is 2.21. The number of nitrogens with one attached hydrogen (secondary N) is 2. The van der Waals surface area contributed by atoms with Gasteiger partial charge in [-0.25, -0.2) is 5.14 Å². The fourth-order valence-corrected chi connectivity index (χ4v) is 2.28. The molecule has 7 heteroatoms. The van der Waals surface area contributed by atoms with Crippen LogP contribution >= 0.6 is 0 Å². The molecule has 106 valence electrons. The minimum Gasteiger partial charge on any atom is -0.378 e. The quantitative estimate of drug-likeness (QED) is 0.783. The van der Waals surface area contributed by atoms with Crippen molar-refractivity contribution in [1.82, 2.24) is 4.98 Å². The topological polar surface area (TPSA) is 97.1 Å². The van der Waals surface area contributed by atoms with Gasteiger partial charge in [0.1, 0.15) is 0 Å². The van der Waals surface area contributed by atoms with Crippen molar-refractivity contribution >= 4 is 21.6 Å². The maximum atomic E-state index is 11.0. The van der Waals surface area contributed by atoms with Crippen LogP contribution < -0.4 is 15.2 Å². The first-order chi connectivity index (χ1) is 9.44. The molecular formula is C13H16N4O2S. The van der Waals surface area contributed by atoms with Crippen molar-refractivity contribution in [2.45, 2.75) is 13.0 Å². The monoisotopic (exact) mass is 292 g/mol. The van der Waals surface area contributed by atoms with E-state index in [1.165, 1.54) is 0 Å². The SMILES string of the molecule is CC(Nc1cccc(NS(N)(=O)=O)c1)c1ccncc1. The minimum atomic E-state index is -3.76. The number of nitrogens with zero attached hydrogens (tertiary/aromatic N) is 1. The number of benzene rings is 1. The van der Waals surface area contributed by atoms with E-state index < -0.39 is 10.2 Å². The molecule has 4 N–H and O–H groups in total. The number of nitrogens with two attached hydrogens (primary N) is 1. The number of pyridine rings is 1. The third kappa shape index (κ3) is 4.22. The predicted octanol–water partition coefficient (Wildman–Crippen LogP) is 1.87. The molecular weight excluding hydrogens is 276 g/mol. The molecule has 6 nitrogen and oxygen atoms in total. The van der Waals surface area contributed by atoms with E-state index in [-0.39, 0.29) is 6.04 Å². The summed E-state index contributed by atoms with van der Waals surface area (Å²) in [7, 11) is -3.76. The van der Waals surface area contributed by atoms with Crippen molar-refractivity contribution in [3.8, 4) is 0 Å². The number of hydrogen-bond donors (Lipinski definition) is 3. The lowest BCUT2D eigenvalue weighted by atomic mass is 10.1. The van der Waals surface area contributed by atoms with E-state index in [2.05, 4.69) is 15.0 Å². The van der Waals surface area contributed by atoms with Crippen LogP contribution in [0.5, 0.6) is 0 Å². The summed E-state index contributed by atoms with van der Waals surface area (Å²) in [5, 5.41) is 8.22. The van der Waals surface area contributed by atoms with E-state index in [0.717, 1.165) is 11.3 Å². The highest BCUT2D eigenvalue weighted by Gasteiger charge is 2.06. The average Bonchev–Trinajstić information content (AvgIpc) is 2.38. The van der Waals surface area contributed by atoms with Crippen molar-refractivity contribution < 1.29 is 8.42 Å². The van der Waals surface area contributed by atoms with E-state index in [1.54, 1.807) is 30.6 Å². The lowest BCUT2D eigenvalue weighted by Crippen LogP contribution is -2.21. The first kappa shape index (κ1) is 14.3. The Hall–Kier alpha value is -2.12. The van der Waals surface area contributed by atoms with E-state index in [1.807, 2.05) is 25.1 Å². The van der Waals surface area contributed by atoms with Gasteiger partial charge >= 0.3 is 0 Å². The number of aromatic nitrogens is 1. The highest BCUT2D eigenvalue weighted by atomic mass is 32.2. The number of rotatable bonds is 5. The van der Waals surface area contributed by atoms with Crippen molar-refractivity contribution in [3.63, 3.8) is 0 Å². The van der Waals surface area contributed by atoms with Crippen molar-refractivity contribution in [3.05, 3.63) is 54.4 Å². The van der Waals surface area contributed by atoms with Gasteiger partial charge in [-0.15, -0.1) is 0 Å². The van der Waals surface area contributed by atoms with Gasteiger partial charge in [-0.2, -0.15) is 8.42 Å². The Morgan fingerprint density at radius 2 is 1.80 bits per heavy atom. The van der Waals surface area contributed by atoms with Gasteiger partial charge in [0, 0.05) is 24.1 Å². The molecule has 0 saturated carbocycles. The zero-order valence-electron chi connectivity index (χ0n) is 10.9. The van der Waals surface area contributed by atoms with E-state index in [4.69, 9.17) is 5.14 Å². The molecule has 0 amide bonds. The van der Waals surface area contributed by atoms with E-state index in [9.17, 15) is 8.42 Å². The fourth-order valence-electron chi connectivity index (χ4n) is 1.82. The summed E-state index contributed by atoms with van der Waals surface area (Å²) in [6, 6.07) is 10.8. The Labute approximate surface area is 118 Å². The normalized spacial score (nSPS) is 12.7. The standard InChI is InChI=1S/C13H16N4O2S/c1-10(11-5-7-15-8-6-11)16-12-3-2-4-13(9-12)17-20(14,18)19/h2-10,16-17H,1H3,(H2,14,18,19). The van der Waals surface area contributed by atoms with Gasteiger partial charge in [0.05, 0.1) is 5.69 Å². The fraction of sp³-hybridized carbons (Fsp3) is 0.154. The van der Waals surface area contributed by atoms with Gasteiger partial charge in [0.25, 0.3) is 10.2 Å². The van der Waals surface area contributed by atoms with Crippen LogP contribution in [0.4, 0.5) is 11.4 Å². The van der Waals surface area contributed by atoms with E-state index in [0.29, 0.717) is 5.69 Å². The van der Waals surface area contributed by atoms with Crippen LogP contribution in [0, 0.1) is 0 Å². The van der Waals surface area contributed by atoms with E-state index >= 15 is 0 Å². The first-order valence-corrected chi connectivity index (χ1v) is 7.56. The Bertz CT molecular complexity index is 674. The summed E-state index contributed by atoms with van der Waals surface area (Å²) in [4.78, 5) is 3.97. The Balaban J connectivity index is 2.12. The molecule has 0 saturated heterocycles. The molecule has 0 aliphatic heterocycles. The maximum absolute atomic E-state index is 11.0. The molecule has 0 fully saturated rings. The smallest absolute Gasteiger partial charge is 0.296 e. The number of hydrogen-bond acceptors (Lipinski definition) is 4. The zero-order valence-corrected chi connectivity index (χ0v) is 11.8.